The lowest BCUT2D eigenvalue weighted by Gasteiger charge is -2.33. The second-order valence-electron chi connectivity index (χ2n) is 5.22. The molecule has 0 amide bonds. The third kappa shape index (κ3) is 2.69. The van der Waals surface area contributed by atoms with Gasteiger partial charge in [0.25, 0.3) is 0 Å². The van der Waals surface area contributed by atoms with E-state index in [9.17, 15) is 5.11 Å². The van der Waals surface area contributed by atoms with E-state index < -0.39 is 5.60 Å². The summed E-state index contributed by atoms with van der Waals surface area (Å²) in [4.78, 5) is 4.42. The minimum absolute atomic E-state index is 0.610. The standard InChI is InChI=1S/C15H19N3O/c19-15(6-8-16-9-7-15)12-18-11-10-17-14(18)13-4-2-1-3-5-13/h1-5,10-11,16,19H,6-9,12H2. The summed E-state index contributed by atoms with van der Waals surface area (Å²) in [5.74, 6) is 0.924. The van der Waals surface area contributed by atoms with Crippen LogP contribution in [0.2, 0.25) is 0 Å². The van der Waals surface area contributed by atoms with Crippen molar-refractivity contribution in [3.63, 3.8) is 0 Å². The number of nitrogens with zero attached hydrogens (tertiary/aromatic N) is 2. The lowest BCUT2D eigenvalue weighted by molar-refractivity contribution is -0.00498. The van der Waals surface area contributed by atoms with E-state index in [1.165, 1.54) is 0 Å². The average molecular weight is 257 g/mol. The van der Waals surface area contributed by atoms with Crippen molar-refractivity contribution in [2.75, 3.05) is 13.1 Å². The number of benzene rings is 1. The van der Waals surface area contributed by atoms with E-state index in [1.54, 1.807) is 6.20 Å². The Morgan fingerprint density at radius 1 is 1.21 bits per heavy atom. The fourth-order valence-electron chi connectivity index (χ4n) is 2.65. The summed E-state index contributed by atoms with van der Waals surface area (Å²) in [6, 6.07) is 10.1. The zero-order valence-corrected chi connectivity index (χ0v) is 10.9. The van der Waals surface area contributed by atoms with Gasteiger partial charge in [0.05, 0.1) is 12.1 Å². The molecule has 4 heteroatoms. The summed E-state index contributed by atoms with van der Waals surface area (Å²) in [7, 11) is 0. The molecule has 1 aliphatic rings. The minimum atomic E-state index is -0.616. The predicted molar refractivity (Wildman–Crippen MR) is 74.7 cm³/mol. The molecule has 0 radical (unpaired) electrons. The van der Waals surface area contributed by atoms with Gasteiger partial charge >= 0.3 is 0 Å². The van der Waals surface area contributed by atoms with Crippen LogP contribution < -0.4 is 5.32 Å². The maximum Gasteiger partial charge on any atom is 0.139 e. The Hall–Kier alpha value is -1.65. The third-order valence-electron chi connectivity index (χ3n) is 3.75. The molecule has 0 unspecified atom stereocenters. The molecule has 0 saturated carbocycles. The van der Waals surface area contributed by atoms with Gasteiger partial charge in [0, 0.05) is 18.0 Å². The number of rotatable bonds is 3. The number of imidazole rings is 1. The smallest absolute Gasteiger partial charge is 0.139 e. The Morgan fingerprint density at radius 3 is 2.68 bits per heavy atom. The number of piperidine rings is 1. The van der Waals surface area contributed by atoms with Crippen LogP contribution in [0.25, 0.3) is 11.4 Å². The summed E-state index contributed by atoms with van der Waals surface area (Å²) >= 11 is 0. The first-order valence-electron chi connectivity index (χ1n) is 6.77. The monoisotopic (exact) mass is 257 g/mol. The van der Waals surface area contributed by atoms with Crippen molar-refractivity contribution in [3.8, 4) is 11.4 Å². The predicted octanol–water partition coefficient (Wildman–Crippen LogP) is 1.66. The molecule has 4 nitrogen and oxygen atoms in total. The number of hydrogen-bond acceptors (Lipinski definition) is 3. The van der Waals surface area contributed by atoms with Gasteiger partial charge in [0.1, 0.15) is 5.82 Å². The molecule has 2 heterocycles. The van der Waals surface area contributed by atoms with Crippen molar-refractivity contribution in [2.24, 2.45) is 0 Å². The van der Waals surface area contributed by atoms with E-state index in [0.29, 0.717) is 6.54 Å². The zero-order chi connectivity index (χ0) is 13.1. The summed E-state index contributed by atoms with van der Waals surface area (Å²) < 4.78 is 2.06. The number of nitrogens with one attached hydrogen (secondary N) is 1. The van der Waals surface area contributed by atoms with Crippen LogP contribution in [0.4, 0.5) is 0 Å². The highest BCUT2D eigenvalue weighted by molar-refractivity contribution is 5.55. The largest absolute Gasteiger partial charge is 0.388 e. The van der Waals surface area contributed by atoms with Gasteiger partial charge in [-0.15, -0.1) is 0 Å². The summed E-state index contributed by atoms with van der Waals surface area (Å²) in [6.07, 6.45) is 5.33. The summed E-state index contributed by atoms with van der Waals surface area (Å²) in [6.45, 7) is 2.37. The zero-order valence-electron chi connectivity index (χ0n) is 10.9. The second-order valence-corrected chi connectivity index (χ2v) is 5.22. The van der Waals surface area contributed by atoms with Crippen LogP contribution in [-0.4, -0.2) is 33.3 Å². The fraction of sp³-hybridized carbons (Fsp3) is 0.400. The van der Waals surface area contributed by atoms with E-state index in [1.807, 2.05) is 36.5 Å². The van der Waals surface area contributed by atoms with E-state index in [0.717, 1.165) is 37.3 Å². The quantitative estimate of drug-likeness (QED) is 0.879. The van der Waals surface area contributed by atoms with Crippen molar-refractivity contribution in [1.29, 1.82) is 0 Å². The Morgan fingerprint density at radius 2 is 1.95 bits per heavy atom. The number of aliphatic hydroxyl groups is 1. The molecule has 1 fully saturated rings. The summed E-state index contributed by atoms with van der Waals surface area (Å²) in [5, 5.41) is 13.9. The first-order valence-corrected chi connectivity index (χ1v) is 6.77. The van der Waals surface area contributed by atoms with Gasteiger partial charge in [-0.05, 0) is 25.9 Å². The molecule has 3 rings (SSSR count). The van der Waals surface area contributed by atoms with Crippen LogP contribution in [0, 0.1) is 0 Å². The van der Waals surface area contributed by atoms with E-state index in [-0.39, 0.29) is 0 Å². The van der Waals surface area contributed by atoms with Crippen LogP contribution in [0.5, 0.6) is 0 Å². The molecule has 1 saturated heterocycles. The van der Waals surface area contributed by atoms with Crippen LogP contribution >= 0.6 is 0 Å². The van der Waals surface area contributed by atoms with Gasteiger partial charge < -0.3 is 15.0 Å². The van der Waals surface area contributed by atoms with Gasteiger partial charge in [-0.1, -0.05) is 30.3 Å². The van der Waals surface area contributed by atoms with Gasteiger partial charge in [0.2, 0.25) is 0 Å². The van der Waals surface area contributed by atoms with Gasteiger partial charge in [0.15, 0.2) is 0 Å². The SMILES string of the molecule is OC1(Cn2ccnc2-c2ccccc2)CCNCC1. The van der Waals surface area contributed by atoms with Crippen LogP contribution in [0.3, 0.4) is 0 Å². The Bertz CT molecular complexity index is 529. The molecule has 1 aromatic heterocycles. The molecule has 100 valence electrons. The molecule has 2 aromatic rings. The molecule has 0 bridgehead atoms. The molecule has 1 aliphatic heterocycles. The van der Waals surface area contributed by atoms with Gasteiger partial charge in [-0.25, -0.2) is 4.98 Å². The second kappa shape index (κ2) is 5.15. The molecule has 19 heavy (non-hydrogen) atoms. The lowest BCUT2D eigenvalue weighted by Crippen LogP contribution is -2.44. The fourth-order valence-corrected chi connectivity index (χ4v) is 2.65. The van der Waals surface area contributed by atoms with Crippen LogP contribution in [0.15, 0.2) is 42.7 Å². The Labute approximate surface area is 113 Å². The van der Waals surface area contributed by atoms with Gasteiger partial charge in [-0.2, -0.15) is 0 Å². The van der Waals surface area contributed by atoms with Crippen LogP contribution in [-0.2, 0) is 6.54 Å². The molecule has 0 spiro atoms. The van der Waals surface area contributed by atoms with Crippen molar-refractivity contribution in [2.45, 2.75) is 25.0 Å². The van der Waals surface area contributed by atoms with Crippen molar-refractivity contribution < 1.29 is 5.11 Å². The Balaban J connectivity index is 1.84. The third-order valence-corrected chi connectivity index (χ3v) is 3.75. The topological polar surface area (TPSA) is 50.1 Å². The molecule has 2 N–H and O–H groups in total. The van der Waals surface area contributed by atoms with E-state index in [2.05, 4.69) is 14.9 Å². The minimum Gasteiger partial charge on any atom is -0.388 e. The average Bonchev–Trinajstić information content (AvgIpc) is 2.88. The van der Waals surface area contributed by atoms with E-state index in [4.69, 9.17) is 0 Å². The molecular weight excluding hydrogens is 238 g/mol. The van der Waals surface area contributed by atoms with Crippen molar-refractivity contribution in [1.82, 2.24) is 14.9 Å². The maximum atomic E-state index is 10.6. The molecule has 0 aliphatic carbocycles. The maximum absolute atomic E-state index is 10.6. The Kier molecular flexibility index (Phi) is 3.36. The normalized spacial score (nSPS) is 18.4. The van der Waals surface area contributed by atoms with E-state index >= 15 is 0 Å². The first-order chi connectivity index (χ1) is 9.27. The number of aromatic nitrogens is 2. The number of hydrogen-bond donors (Lipinski definition) is 2. The molecule has 1 aromatic carbocycles. The van der Waals surface area contributed by atoms with Crippen molar-refractivity contribution in [3.05, 3.63) is 42.7 Å². The molecular formula is C15H19N3O. The van der Waals surface area contributed by atoms with Crippen LogP contribution in [0.1, 0.15) is 12.8 Å². The summed E-state index contributed by atoms with van der Waals surface area (Å²) in [5.41, 5.74) is 0.472. The molecule has 0 atom stereocenters. The van der Waals surface area contributed by atoms with Gasteiger partial charge in [-0.3, -0.25) is 0 Å². The van der Waals surface area contributed by atoms with Crippen molar-refractivity contribution >= 4 is 0 Å². The highest BCUT2D eigenvalue weighted by Gasteiger charge is 2.30. The highest BCUT2D eigenvalue weighted by atomic mass is 16.3. The lowest BCUT2D eigenvalue weighted by atomic mass is 9.92. The first kappa shape index (κ1) is 12.4. The highest BCUT2D eigenvalue weighted by Crippen LogP contribution is 2.24.